The van der Waals surface area contributed by atoms with Gasteiger partial charge in [-0.1, -0.05) is 30.3 Å². The molecule has 0 amide bonds. The van der Waals surface area contributed by atoms with Crippen LogP contribution < -0.4 is 0 Å². The summed E-state index contributed by atoms with van der Waals surface area (Å²) in [6, 6.07) is 8.10. The topological polar surface area (TPSA) is 76.0 Å². The van der Waals surface area contributed by atoms with Crippen molar-refractivity contribution < 1.29 is 19.4 Å². The summed E-state index contributed by atoms with van der Waals surface area (Å²) in [5, 5.41) is 8.70. The van der Waals surface area contributed by atoms with Crippen molar-refractivity contribution in [2.24, 2.45) is 4.99 Å². The Labute approximate surface area is 103 Å². The van der Waals surface area contributed by atoms with Gasteiger partial charge in [-0.2, -0.15) is 0 Å². The molecule has 0 spiro atoms. The van der Waals surface area contributed by atoms with E-state index in [1.54, 1.807) is 0 Å². The Morgan fingerprint density at radius 1 is 1.33 bits per heavy atom. The minimum absolute atomic E-state index is 0.279. The molecule has 0 fully saturated rings. The predicted octanol–water partition coefficient (Wildman–Crippen LogP) is 1.19. The molecule has 0 aliphatic carbocycles. The summed E-state index contributed by atoms with van der Waals surface area (Å²) in [5.41, 5.74) is 0.958. The number of hydrogen-bond donors (Lipinski definition) is 1. The first-order valence-corrected chi connectivity index (χ1v) is 5.35. The molecule has 1 atom stereocenters. The van der Waals surface area contributed by atoms with E-state index in [9.17, 15) is 9.59 Å². The van der Waals surface area contributed by atoms with Gasteiger partial charge in [0.25, 0.3) is 0 Å². The average molecular weight is 245 g/mol. The van der Waals surface area contributed by atoms with Gasteiger partial charge in [-0.3, -0.25) is 9.79 Å². The van der Waals surface area contributed by atoms with Crippen molar-refractivity contribution in [3.8, 4) is 0 Å². The van der Waals surface area contributed by atoms with Crippen molar-refractivity contribution in [2.45, 2.75) is 12.6 Å². The molecule has 5 nitrogen and oxygen atoms in total. The first-order valence-electron chi connectivity index (χ1n) is 5.35. The van der Waals surface area contributed by atoms with E-state index < -0.39 is 17.8 Å². The minimum Gasteiger partial charge on any atom is -0.487 e. The number of aliphatic imine (C=N–C) groups is 1. The second kappa shape index (κ2) is 5.27. The van der Waals surface area contributed by atoms with Crippen LogP contribution in [0, 0.1) is 0 Å². The predicted molar refractivity (Wildman–Crippen MR) is 64.2 cm³/mol. The number of nitrogens with zero attached hydrogens (tertiary/aromatic N) is 1. The lowest BCUT2D eigenvalue weighted by Crippen LogP contribution is -2.29. The quantitative estimate of drug-likeness (QED) is 0.808. The van der Waals surface area contributed by atoms with Crippen LogP contribution in [0.4, 0.5) is 0 Å². The van der Waals surface area contributed by atoms with Gasteiger partial charge in [0.2, 0.25) is 6.04 Å². The van der Waals surface area contributed by atoms with Gasteiger partial charge in [-0.05, 0) is 5.56 Å². The van der Waals surface area contributed by atoms with E-state index in [0.29, 0.717) is 6.61 Å². The number of hydrogen-bond acceptors (Lipinski definition) is 4. The van der Waals surface area contributed by atoms with Crippen LogP contribution in [0.5, 0.6) is 0 Å². The van der Waals surface area contributed by atoms with Crippen molar-refractivity contribution in [1.29, 1.82) is 0 Å². The number of carbonyl (C=O) groups is 2. The molecule has 1 aliphatic heterocycles. The van der Waals surface area contributed by atoms with Crippen LogP contribution in [-0.4, -0.2) is 29.1 Å². The molecule has 1 aromatic carbocycles. The summed E-state index contributed by atoms with van der Waals surface area (Å²) in [4.78, 5) is 25.7. The third-order valence-corrected chi connectivity index (χ3v) is 2.39. The number of carbonyl (C=O) groups excluding carboxylic acids is 1. The number of ether oxygens (including phenoxy) is 1. The maximum absolute atomic E-state index is 11.4. The zero-order valence-electron chi connectivity index (χ0n) is 9.45. The van der Waals surface area contributed by atoms with Gasteiger partial charge >= 0.3 is 5.97 Å². The molecule has 5 heteroatoms. The van der Waals surface area contributed by atoms with Crippen molar-refractivity contribution in [3.63, 3.8) is 0 Å². The summed E-state index contributed by atoms with van der Waals surface area (Å²) in [7, 11) is 0. The Morgan fingerprint density at radius 3 is 2.67 bits per heavy atom. The van der Waals surface area contributed by atoms with Gasteiger partial charge in [-0.25, -0.2) is 4.79 Å². The third kappa shape index (κ3) is 2.82. The van der Waals surface area contributed by atoms with Crippen molar-refractivity contribution >= 4 is 18.0 Å². The molecule has 1 unspecified atom stereocenters. The second-order valence-electron chi connectivity index (χ2n) is 3.74. The second-order valence-corrected chi connectivity index (χ2v) is 3.74. The number of benzene rings is 1. The smallest absolute Gasteiger partial charge is 0.336 e. The van der Waals surface area contributed by atoms with E-state index in [0.717, 1.165) is 11.6 Å². The lowest BCUT2D eigenvalue weighted by Gasteiger charge is -2.12. The molecular weight excluding hydrogens is 234 g/mol. The largest absolute Gasteiger partial charge is 0.487 e. The van der Waals surface area contributed by atoms with E-state index >= 15 is 0 Å². The number of aliphatic carboxylic acids is 1. The molecular formula is C13H11NO4. The fourth-order valence-corrected chi connectivity index (χ4v) is 1.48. The normalized spacial score (nSPS) is 18.3. The Balaban J connectivity index is 1.97. The highest BCUT2D eigenvalue weighted by atomic mass is 16.5. The Hall–Kier alpha value is -2.43. The molecule has 1 heterocycles. The maximum atomic E-state index is 11.4. The lowest BCUT2D eigenvalue weighted by molar-refractivity contribution is -0.141. The molecule has 0 saturated carbocycles. The van der Waals surface area contributed by atoms with Gasteiger partial charge in [0, 0.05) is 6.08 Å². The van der Waals surface area contributed by atoms with Crippen LogP contribution in [0.2, 0.25) is 0 Å². The zero-order chi connectivity index (χ0) is 13.0. The monoisotopic (exact) mass is 245 g/mol. The fourth-order valence-electron chi connectivity index (χ4n) is 1.48. The average Bonchev–Trinajstić information content (AvgIpc) is 2.37. The minimum atomic E-state index is -1.34. The number of allylic oxidation sites excluding steroid dienone is 1. The van der Waals surface area contributed by atoms with Gasteiger partial charge in [0.05, 0.1) is 6.21 Å². The lowest BCUT2D eigenvalue weighted by atomic mass is 10.1. The van der Waals surface area contributed by atoms with Crippen molar-refractivity contribution in [3.05, 3.63) is 47.7 Å². The first kappa shape index (κ1) is 12.0. The Bertz CT molecular complexity index is 519. The highest BCUT2D eigenvalue weighted by Gasteiger charge is 2.26. The van der Waals surface area contributed by atoms with Crippen LogP contribution >= 0.6 is 0 Å². The molecule has 0 radical (unpaired) electrons. The molecule has 0 saturated heterocycles. The molecule has 2 rings (SSSR count). The van der Waals surface area contributed by atoms with Crippen LogP contribution in [0.15, 0.2) is 47.2 Å². The number of rotatable bonds is 4. The first-order chi connectivity index (χ1) is 8.66. The Kier molecular flexibility index (Phi) is 3.52. The summed E-state index contributed by atoms with van der Waals surface area (Å²) in [6.45, 7) is 0.309. The van der Waals surface area contributed by atoms with E-state index in [-0.39, 0.29) is 5.76 Å². The number of dihydropyridines is 1. The molecule has 1 aliphatic rings. The van der Waals surface area contributed by atoms with Crippen LogP contribution in [0.25, 0.3) is 0 Å². The van der Waals surface area contributed by atoms with Crippen molar-refractivity contribution in [2.75, 3.05) is 0 Å². The Morgan fingerprint density at radius 2 is 2.06 bits per heavy atom. The summed E-state index contributed by atoms with van der Waals surface area (Å²) in [6.07, 6.45) is 2.43. The summed E-state index contributed by atoms with van der Waals surface area (Å²) >= 11 is 0. The number of ketones is 1. The van der Waals surface area contributed by atoms with E-state index in [1.165, 1.54) is 6.21 Å². The van der Waals surface area contributed by atoms with Crippen molar-refractivity contribution in [1.82, 2.24) is 0 Å². The molecule has 0 bridgehead atoms. The van der Waals surface area contributed by atoms with E-state index in [2.05, 4.69) is 4.99 Å². The van der Waals surface area contributed by atoms with Crippen LogP contribution in [-0.2, 0) is 20.9 Å². The SMILES string of the molecule is O=C(O)C1N=CC(OCc2ccccc2)=CC1=O. The zero-order valence-corrected chi connectivity index (χ0v) is 9.45. The highest BCUT2D eigenvalue weighted by Crippen LogP contribution is 2.10. The number of carboxylic acids is 1. The summed E-state index contributed by atoms with van der Waals surface area (Å²) < 4.78 is 5.37. The van der Waals surface area contributed by atoms with Gasteiger partial charge in [0.1, 0.15) is 12.4 Å². The van der Waals surface area contributed by atoms with Crippen LogP contribution in [0.3, 0.4) is 0 Å². The summed E-state index contributed by atoms with van der Waals surface area (Å²) in [5.74, 6) is -1.55. The maximum Gasteiger partial charge on any atom is 0.336 e. The molecule has 1 N–H and O–H groups in total. The number of carboxylic acid groups (broad SMARTS) is 1. The standard InChI is InChI=1S/C13H11NO4/c15-11-6-10(7-14-12(11)13(16)17)18-8-9-4-2-1-3-5-9/h1-7,12H,8H2,(H,16,17). The van der Waals surface area contributed by atoms with Gasteiger partial charge in [-0.15, -0.1) is 0 Å². The van der Waals surface area contributed by atoms with Crippen LogP contribution in [0.1, 0.15) is 5.56 Å². The molecule has 92 valence electrons. The fraction of sp³-hybridized carbons (Fsp3) is 0.154. The third-order valence-electron chi connectivity index (χ3n) is 2.39. The highest BCUT2D eigenvalue weighted by molar-refractivity contribution is 6.12. The van der Waals surface area contributed by atoms with Gasteiger partial charge < -0.3 is 9.84 Å². The molecule has 0 aromatic heterocycles. The molecule has 1 aromatic rings. The molecule has 18 heavy (non-hydrogen) atoms. The van der Waals surface area contributed by atoms with Gasteiger partial charge in [0.15, 0.2) is 5.78 Å². The van der Waals surface area contributed by atoms with E-state index in [4.69, 9.17) is 9.84 Å². The van der Waals surface area contributed by atoms with E-state index in [1.807, 2.05) is 30.3 Å².